The molecule has 0 heterocycles. The van der Waals surface area contributed by atoms with Crippen LogP contribution in [0.1, 0.15) is 43.1 Å². The van der Waals surface area contributed by atoms with Crippen molar-refractivity contribution in [1.82, 2.24) is 0 Å². The molecule has 0 atom stereocenters. The molecular weight excluding hydrogens is 200 g/mol. The zero-order chi connectivity index (χ0) is 12.2. The number of aryl methyl sites for hydroxylation is 1. The number of carbonyl (C=O) groups excluding carboxylic acids is 1. The maximum absolute atomic E-state index is 12.0. The van der Waals surface area contributed by atoms with E-state index in [4.69, 9.17) is 5.11 Å². The Hall–Kier alpha value is -1.15. The monoisotopic (exact) mass is 220 g/mol. The summed E-state index contributed by atoms with van der Waals surface area (Å²) in [6, 6.07) is 7.68. The van der Waals surface area contributed by atoms with Gasteiger partial charge in [-0.1, -0.05) is 45.0 Å². The number of Topliss-reactive ketones (excluding diaryl/α,β-unsaturated/α-hetero) is 1. The molecule has 88 valence electrons. The maximum Gasteiger partial charge on any atom is 0.168 e. The molecule has 0 amide bonds. The van der Waals surface area contributed by atoms with Gasteiger partial charge in [0, 0.05) is 17.6 Å². The van der Waals surface area contributed by atoms with Crippen LogP contribution in [0.15, 0.2) is 24.3 Å². The summed E-state index contributed by atoms with van der Waals surface area (Å²) in [5, 5.41) is 8.72. The summed E-state index contributed by atoms with van der Waals surface area (Å²) < 4.78 is 0. The molecular formula is C14H20O2. The largest absolute Gasteiger partial charge is 0.396 e. The fourth-order valence-corrected chi connectivity index (χ4v) is 1.54. The minimum absolute atomic E-state index is 0.168. The molecule has 0 aliphatic carbocycles. The number of carbonyl (C=O) groups is 1. The molecule has 1 rings (SSSR count). The molecule has 0 aromatic heterocycles. The third-order valence-electron chi connectivity index (χ3n) is 2.52. The Bertz CT molecular complexity index is 344. The molecule has 0 radical (unpaired) electrons. The first kappa shape index (κ1) is 12.9. The predicted octanol–water partition coefficient (Wildman–Crippen LogP) is 2.84. The van der Waals surface area contributed by atoms with E-state index in [2.05, 4.69) is 0 Å². The second kappa shape index (κ2) is 5.26. The number of rotatable bonds is 4. The fraction of sp³-hybridized carbons (Fsp3) is 0.500. The topological polar surface area (TPSA) is 37.3 Å². The van der Waals surface area contributed by atoms with Crippen LogP contribution in [0.25, 0.3) is 0 Å². The molecule has 0 fully saturated rings. The first-order chi connectivity index (χ1) is 7.45. The number of hydrogen-bond acceptors (Lipinski definition) is 2. The quantitative estimate of drug-likeness (QED) is 0.792. The Morgan fingerprint density at radius 2 is 1.75 bits per heavy atom. The van der Waals surface area contributed by atoms with Crippen LogP contribution in [-0.4, -0.2) is 17.5 Å². The molecule has 0 saturated heterocycles. The highest BCUT2D eigenvalue weighted by atomic mass is 16.2. The van der Waals surface area contributed by atoms with Crippen LogP contribution in [0.5, 0.6) is 0 Å². The Labute approximate surface area is 97.3 Å². The third kappa shape index (κ3) is 3.46. The van der Waals surface area contributed by atoms with Crippen molar-refractivity contribution in [2.75, 3.05) is 6.61 Å². The summed E-state index contributed by atoms with van der Waals surface area (Å²) in [7, 11) is 0. The van der Waals surface area contributed by atoms with Gasteiger partial charge in [0.15, 0.2) is 5.78 Å². The van der Waals surface area contributed by atoms with Gasteiger partial charge in [-0.05, 0) is 18.4 Å². The highest BCUT2D eigenvalue weighted by Crippen LogP contribution is 2.21. The van der Waals surface area contributed by atoms with Crippen molar-refractivity contribution in [3.05, 3.63) is 35.4 Å². The fourth-order valence-electron chi connectivity index (χ4n) is 1.54. The zero-order valence-electron chi connectivity index (χ0n) is 10.3. The van der Waals surface area contributed by atoms with Gasteiger partial charge in [-0.3, -0.25) is 4.79 Å². The number of benzene rings is 1. The van der Waals surface area contributed by atoms with Crippen molar-refractivity contribution in [3.63, 3.8) is 0 Å². The number of ketones is 1. The van der Waals surface area contributed by atoms with E-state index in [-0.39, 0.29) is 17.8 Å². The minimum Gasteiger partial charge on any atom is -0.396 e. The highest BCUT2D eigenvalue weighted by molar-refractivity contribution is 5.99. The first-order valence-corrected chi connectivity index (χ1v) is 5.70. The van der Waals surface area contributed by atoms with Gasteiger partial charge in [0.05, 0.1) is 0 Å². The standard InChI is InChI=1S/C14H20O2/c1-14(2,3)13(16)12-8-6-11(7-9-12)5-4-10-15/h6-9,15H,4-5,10H2,1-3H3. The number of aliphatic hydroxyl groups is 1. The van der Waals surface area contributed by atoms with Gasteiger partial charge < -0.3 is 5.11 Å². The summed E-state index contributed by atoms with van der Waals surface area (Å²) in [5.74, 6) is 0.168. The summed E-state index contributed by atoms with van der Waals surface area (Å²) in [6.45, 7) is 5.99. The molecule has 0 aliphatic heterocycles. The van der Waals surface area contributed by atoms with E-state index in [0.29, 0.717) is 0 Å². The molecule has 0 aliphatic rings. The van der Waals surface area contributed by atoms with Gasteiger partial charge in [-0.2, -0.15) is 0 Å². The number of hydrogen-bond donors (Lipinski definition) is 1. The third-order valence-corrected chi connectivity index (χ3v) is 2.52. The van der Waals surface area contributed by atoms with Gasteiger partial charge in [0.25, 0.3) is 0 Å². The molecule has 0 unspecified atom stereocenters. The van der Waals surface area contributed by atoms with E-state index < -0.39 is 0 Å². The van der Waals surface area contributed by atoms with E-state index in [1.165, 1.54) is 5.56 Å². The van der Waals surface area contributed by atoms with Crippen LogP contribution < -0.4 is 0 Å². The average molecular weight is 220 g/mol. The van der Waals surface area contributed by atoms with Gasteiger partial charge in [0.2, 0.25) is 0 Å². The van der Waals surface area contributed by atoms with Crippen molar-refractivity contribution in [2.24, 2.45) is 5.41 Å². The lowest BCUT2D eigenvalue weighted by molar-refractivity contribution is 0.0858. The maximum atomic E-state index is 12.0. The van der Waals surface area contributed by atoms with E-state index in [1.54, 1.807) is 0 Å². The molecule has 0 bridgehead atoms. The van der Waals surface area contributed by atoms with Crippen LogP contribution in [0.4, 0.5) is 0 Å². The molecule has 1 aromatic carbocycles. The lowest BCUT2D eigenvalue weighted by Crippen LogP contribution is -2.20. The van der Waals surface area contributed by atoms with E-state index in [9.17, 15) is 4.79 Å². The summed E-state index contributed by atoms with van der Waals surface area (Å²) >= 11 is 0. The first-order valence-electron chi connectivity index (χ1n) is 5.70. The number of aliphatic hydroxyl groups excluding tert-OH is 1. The van der Waals surface area contributed by atoms with Crippen LogP contribution in [0.2, 0.25) is 0 Å². The minimum atomic E-state index is -0.327. The second-order valence-electron chi connectivity index (χ2n) is 5.10. The van der Waals surface area contributed by atoms with Gasteiger partial charge in [-0.25, -0.2) is 0 Å². The Balaban J connectivity index is 2.75. The van der Waals surface area contributed by atoms with Gasteiger partial charge >= 0.3 is 0 Å². The Morgan fingerprint density at radius 1 is 1.19 bits per heavy atom. The van der Waals surface area contributed by atoms with Crippen molar-refractivity contribution in [3.8, 4) is 0 Å². The molecule has 1 aromatic rings. The molecule has 1 N–H and O–H groups in total. The summed E-state index contributed by atoms with van der Waals surface area (Å²) in [6.07, 6.45) is 1.63. The predicted molar refractivity (Wildman–Crippen MR) is 65.6 cm³/mol. The Morgan fingerprint density at radius 3 is 2.19 bits per heavy atom. The molecule has 0 saturated carbocycles. The van der Waals surface area contributed by atoms with E-state index >= 15 is 0 Å². The normalized spacial score (nSPS) is 11.5. The van der Waals surface area contributed by atoms with Crippen molar-refractivity contribution in [1.29, 1.82) is 0 Å². The highest BCUT2D eigenvalue weighted by Gasteiger charge is 2.22. The van der Waals surface area contributed by atoms with Crippen LogP contribution in [0.3, 0.4) is 0 Å². The van der Waals surface area contributed by atoms with Crippen molar-refractivity contribution in [2.45, 2.75) is 33.6 Å². The lowest BCUT2D eigenvalue weighted by atomic mass is 9.86. The molecule has 2 heteroatoms. The smallest absolute Gasteiger partial charge is 0.168 e. The molecule has 16 heavy (non-hydrogen) atoms. The second-order valence-corrected chi connectivity index (χ2v) is 5.10. The van der Waals surface area contributed by atoms with Crippen molar-refractivity contribution >= 4 is 5.78 Å². The van der Waals surface area contributed by atoms with Crippen LogP contribution in [0, 0.1) is 5.41 Å². The zero-order valence-corrected chi connectivity index (χ0v) is 10.3. The molecule has 0 spiro atoms. The van der Waals surface area contributed by atoms with Crippen LogP contribution >= 0.6 is 0 Å². The van der Waals surface area contributed by atoms with Gasteiger partial charge in [0.1, 0.15) is 0 Å². The summed E-state index contributed by atoms with van der Waals surface area (Å²) in [5.41, 5.74) is 1.60. The SMILES string of the molecule is CC(C)(C)C(=O)c1ccc(CCCO)cc1. The Kier molecular flexibility index (Phi) is 4.25. The molecule has 2 nitrogen and oxygen atoms in total. The van der Waals surface area contributed by atoms with Gasteiger partial charge in [-0.15, -0.1) is 0 Å². The average Bonchev–Trinajstić information content (AvgIpc) is 2.25. The van der Waals surface area contributed by atoms with Crippen LogP contribution in [-0.2, 0) is 6.42 Å². The summed E-state index contributed by atoms with van der Waals surface area (Å²) in [4.78, 5) is 12.0. The van der Waals surface area contributed by atoms with E-state index in [0.717, 1.165) is 18.4 Å². The lowest BCUT2D eigenvalue weighted by Gasteiger charge is -2.16. The van der Waals surface area contributed by atoms with E-state index in [1.807, 2.05) is 45.0 Å². The van der Waals surface area contributed by atoms with Crippen molar-refractivity contribution < 1.29 is 9.90 Å².